The summed E-state index contributed by atoms with van der Waals surface area (Å²) in [6.07, 6.45) is 4.94. The molecule has 3 nitrogen and oxygen atoms in total. The molecule has 0 N–H and O–H groups in total. The molecule has 1 heterocycles. The average molecular weight is 303 g/mol. The Balaban J connectivity index is 2.17. The van der Waals surface area contributed by atoms with E-state index in [0.29, 0.717) is 16.9 Å². The van der Waals surface area contributed by atoms with Gasteiger partial charge in [0.1, 0.15) is 0 Å². The van der Waals surface area contributed by atoms with Crippen LogP contribution in [0.3, 0.4) is 0 Å². The molecule has 1 aromatic rings. The minimum absolute atomic E-state index is 0.287. The van der Waals surface area contributed by atoms with Crippen molar-refractivity contribution in [1.82, 2.24) is 4.98 Å². The Morgan fingerprint density at radius 3 is 2.23 bits per heavy atom. The van der Waals surface area contributed by atoms with Crippen LogP contribution < -0.4 is 0 Å². The van der Waals surface area contributed by atoms with Gasteiger partial charge in [-0.15, -0.1) is 0 Å². The molecule has 0 spiro atoms. The van der Waals surface area contributed by atoms with Crippen molar-refractivity contribution in [2.24, 2.45) is 11.3 Å². The number of esters is 1. The lowest BCUT2D eigenvalue weighted by atomic mass is 9.69. The van der Waals surface area contributed by atoms with Crippen LogP contribution >= 0.6 is 0 Å². The summed E-state index contributed by atoms with van der Waals surface area (Å²) in [6, 6.07) is 2.08. The Bertz CT molecular complexity index is 526. The van der Waals surface area contributed by atoms with Crippen LogP contribution in [0.1, 0.15) is 79.7 Å². The SMILES string of the molecule is COC(=O)c1c(C)cc(C2CCC(C(C)(C)C)CC2)nc1C. The monoisotopic (exact) mass is 303 g/mol. The van der Waals surface area contributed by atoms with Gasteiger partial charge < -0.3 is 4.74 Å². The third-order valence-electron chi connectivity index (χ3n) is 5.18. The smallest absolute Gasteiger partial charge is 0.339 e. The number of aromatic nitrogens is 1. The van der Waals surface area contributed by atoms with Gasteiger partial charge in [0.05, 0.1) is 18.4 Å². The van der Waals surface area contributed by atoms with Crippen molar-refractivity contribution < 1.29 is 9.53 Å². The zero-order chi connectivity index (χ0) is 16.5. The molecular weight excluding hydrogens is 274 g/mol. The van der Waals surface area contributed by atoms with E-state index in [0.717, 1.165) is 22.9 Å². The van der Waals surface area contributed by atoms with E-state index in [1.54, 1.807) is 0 Å². The third-order valence-corrected chi connectivity index (χ3v) is 5.18. The third kappa shape index (κ3) is 3.50. The van der Waals surface area contributed by atoms with Gasteiger partial charge in [-0.05, 0) is 62.5 Å². The number of aryl methyl sites for hydroxylation is 2. The van der Waals surface area contributed by atoms with Crippen LogP contribution in [-0.4, -0.2) is 18.1 Å². The van der Waals surface area contributed by atoms with E-state index in [2.05, 4.69) is 26.8 Å². The normalized spacial score (nSPS) is 22.5. The van der Waals surface area contributed by atoms with Crippen LogP contribution in [0, 0.1) is 25.2 Å². The maximum atomic E-state index is 11.8. The van der Waals surface area contributed by atoms with Crippen molar-refractivity contribution in [3.8, 4) is 0 Å². The van der Waals surface area contributed by atoms with Gasteiger partial charge in [-0.1, -0.05) is 20.8 Å². The van der Waals surface area contributed by atoms with Crippen LogP contribution in [0.25, 0.3) is 0 Å². The van der Waals surface area contributed by atoms with Crippen molar-refractivity contribution >= 4 is 5.97 Å². The van der Waals surface area contributed by atoms with Gasteiger partial charge in [0.25, 0.3) is 0 Å². The number of ether oxygens (including phenoxy) is 1. The Kier molecular flexibility index (Phi) is 4.93. The molecule has 1 saturated carbocycles. The number of nitrogens with zero attached hydrogens (tertiary/aromatic N) is 1. The molecule has 0 aromatic carbocycles. The van der Waals surface area contributed by atoms with Crippen molar-refractivity contribution in [3.63, 3.8) is 0 Å². The first-order chi connectivity index (χ1) is 10.2. The summed E-state index contributed by atoms with van der Waals surface area (Å²) in [7, 11) is 1.42. The number of pyridine rings is 1. The number of methoxy groups -OCH3 is 1. The number of rotatable bonds is 2. The first kappa shape index (κ1) is 17.0. The van der Waals surface area contributed by atoms with E-state index < -0.39 is 0 Å². The molecule has 0 unspecified atom stereocenters. The molecule has 1 aliphatic carbocycles. The predicted molar refractivity (Wildman–Crippen MR) is 89.2 cm³/mol. The fourth-order valence-corrected chi connectivity index (χ4v) is 3.74. The van der Waals surface area contributed by atoms with Gasteiger partial charge in [0, 0.05) is 11.6 Å². The Morgan fingerprint density at radius 1 is 1.18 bits per heavy atom. The summed E-state index contributed by atoms with van der Waals surface area (Å²) in [6.45, 7) is 10.9. The molecular formula is C19H29NO2. The maximum absolute atomic E-state index is 11.8. The lowest BCUT2D eigenvalue weighted by molar-refractivity contribution is 0.0598. The molecule has 2 rings (SSSR count). The molecule has 0 amide bonds. The highest BCUT2D eigenvalue weighted by atomic mass is 16.5. The van der Waals surface area contributed by atoms with E-state index in [1.807, 2.05) is 13.8 Å². The standard InChI is InChI=1S/C19H29NO2/c1-12-11-16(20-13(2)17(12)18(21)22-6)14-7-9-15(10-8-14)19(3,4)5/h11,14-15H,7-10H2,1-6H3. The Hall–Kier alpha value is -1.38. The van der Waals surface area contributed by atoms with E-state index in [-0.39, 0.29) is 5.97 Å². The van der Waals surface area contributed by atoms with Crippen LogP contribution in [0.15, 0.2) is 6.07 Å². The second-order valence-electron chi connectivity index (χ2n) is 7.73. The molecule has 0 aliphatic heterocycles. The van der Waals surface area contributed by atoms with Crippen LogP contribution in [0.2, 0.25) is 0 Å². The zero-order valence-electron chi connectivity index (χ0n) is 14.8. The average Bonchev–Trinajstić information content (AvgIpc) is 2.45. The molecule has 0 bridgehead atoms. The van der Waals surface area contributed by atoms with E-state index >= 15 is 0 Å². The Morgan fingerprint density at radius 2 is 1.77 bits per heavy atom. The fraction of sp³-hybridized carbons (Fsp3) is 0.684. The van der Waals surface area contributed by atoms with Gasteiger partial charge in [0.2, 0.25) is 0 Å². The lowest BCUT2D eigenvalue weighted by Crippen LogP contribution is -2.25. The minimum atomic E-state index is -0.287. The maximum Gasteiger partial charge on any atom is 0.339 e. The van der Waals surface area contributed by atoms with E-state index in [4.69, 9.17) is 9.72 Å². The van der Waals surface area contributed by atoms with Crippen molar-refractivity contribution in [1.29, 1.82) is 0 Å². The summed E-state index contributed by atoms with van der Waals surface area (Å²) < 4.78 is 4.86. The number of carbonyl (C=O) groups is 1. The number of carbonyl (C=O) groups excluding carboxylic acids is 1. The predicted octanol–water partition coefficient (Wildman–Crippen LogP) is 4.80. The van der Waals surface area contributed by atoms with Gasteiger partial charge in [-0.3, -0.25) is 4.98 Å². The van der Waals surface area contributed by atoms with Crippen molar-refractivity contribution in [2.45, 2.75) is 66.2 Å². The summed E-state index contributed by atoms with van der Waals surface area (Å²) in [4.78, 5) is 16.5. The molecule has 1 fully saturated rings. The topological polar surface area (TPSA) is 39.2 Å². The quantitative estimate of drug-likeness (QED) is 0.736. The molecule has 0 radical (unpaired) electrons. The van der Waals surface area contributed by atoms with Crippen molar-refractivity contribution in [2.75, 3.05) is 7.11 Å². The molecule has 1 aliphatic rings. The molecule has 122 valence electrons. The van der Waals surface area contributed by atoms with Gasteiger partial charge >= 0.3 is 5.97 Å². The number of hydrogen-bond acceptors (Lipinski definition) is 3. The van der Waals surface area contributed by atoms with Crippen LogP contribution in [0.4, 0.5) is 0 Å². The fourth-order valence-electron chi connectivity index (χ4n) is 3.74. The van der Waals surface area contributed by atoms with Crippen LogP contribution in [0.5, 0.6) is 0 Å². The highest BCUT2D eigenvalue weighted by Crippen LogP contribution is 2.43. The molecule has 0 atom stereocenters. The van der Waals surface area contributed by atoms with Gasteiger partial charge in [0.15, 0.2) is 0 Å². The van der Waals surface area contributed by atoms with Crippen molar-refractivity contribution in [3.05, 3.63) is 28.6 Å². The minimum Gasteiger partial charge on any atom is -0.465 e. The molecule has 0 saturated heterocycles. The van der Waals surface area contributed by atoms with Gasteiger partial charge in [-0.2, -0.15) is 0 Å². The lowest BCUT2D eigenvalue weighted by Gasteiger charge is -2.37. The first-order valence-electron chi connectivity index (χ1n) is 8.30. The zero-order valence-corrected chi connectivity index (χ0v) is 14.8. The second-order valence-corrected chi connectivity index (χ2v) is 7.73. The molecule has 22 heavy (non-hydrogen) atoms. The second kappa shape index (κ2) is 6.39. The van der Waals surface area contributed by atoms with Gasteiger partial charge in [-0.25, -0.2) is 4.79 Å². The van der Waals surface area contributed by atoms with E-state index in [1.165, 1.54) is 32.8 Å². The Labute approximate surface area is 134 Å². The first-order valence-corrected chi connectivity index (χ1v) is 8.30. The largest absolute Gasteiger partial charge is 0.465 e. The molecule has 1 aromatic heterocycles. The summed E-state index contributed by atoms with van der Waals surface area (Å²) >= 11 is 0. The molecule has 3 heteroatoms. The summed E-state index contributed by atoms with van der Waals surface area (Å²) in [5, 5.41) is 0. The number of hydrogen-bond donors (Lipinski definition) is 0. The summed E-state index contributed by atoms with van der Waals surface area (Å²) in [5.74, 6) is 1.05. The highest BCUT2D eigenvalue weighted by Gasteiger charge is 2.31. The van der Waals surface area contributed by atoms with Crippen LogP contribution in [-0.2, 0) is 4.74 Å². The van der Waals surface area contributed by atoms with E-state index in [9.17, 15) is 4.79 Å². The highest BCUT2D eigenvalue weighted by molar-refractivity contribution is 5.92. The summed E-state index contributed by atoms with van der Waals surface area (Å²) in [5.41, 5.74) is 3.94.